The number of para-hydroxylation sites is 1. The van der Waals surface area contributed by atoms with E-state index in [0.29, 0.717) is 0 Å². The zero-order chi connectivity index (χ0) is 9.52. The van der Waals surface area contributed by atoms with Crippen molar-refractivity contribution in [3.63, 3.8) is 0 Å². The number of hydrogen-bond donors (Lipinski definition) is 0. The van der Waals surface area contributed by atoms with Crippen molar-refractivity contribution in [1.29, 1.82) is 0 Å². The third-order valence-electron chi connectivity index (χ3n) is 2.11. The summed E-state index contributed by atoms with van der Waals surface area (Å²) in [6, 6.07) is 10.7. The minimum Gasteiger partial charge on any atom is -0.372 e. The van der Waals surface area contributed by atoms with Gasteiger partial charge in [-0.05, 0) is 25.0 Å². The largest absolute Gasteiger partial charge is 0.372 e. The van der Waals surface area contributed by atoms with Gasteiger partial charge in [0.25, 0.3) is 0 Å². The highest BCUT2D eigenvalue weighted by Crippen LogP contribution is 2.13. The second kappa shape index (κ2) is 7.69. The number of hydrogen-bond acceptors (Lipinski definition) is 1. The van der Waals surface area contributed by atoms with Crippen LogP contribution in [0.5, 0.6) is 0 Å². The second-order valence-corrected chi connectivity index (χ2v) is 3.32. The topological polar surface area (TPSA) is 3.24 Å². The van der Waals surface area contributed by atoms with Crippen LogP contribution in [0.1, 0.15) is 26.7 Å². The molecule has 0 saturated heterocycles. The van der Waals surface area contributed by atoms with Crippen molar-refractivity contribution in [3.8, 4) is 0 Å². The highest BCUT2D eigenvalue weighted by molar-refractivity contribution is 5.85. The highest BCUT2D eigenvalue weighted by Gasteiger charge is 2.01. The Kier molecular flexibility index (Phi) is 7.31. The Labute approximate surface area is 93.5 Å². The van der Waals surface area contributed by atoms with E-state index in [1.54, 1.807) is 0 Å². The lowest BCUT2D eigenvalue weighted by Crippen LogP contribution is -2.24. The lowest BCUT2D eigenvalue weighted by atomic mass is 10.2. The first-order valence-electron chi connectivity index (χ1n) is 5.18. The molecule has 1 rings (SSSR count). The van der Waals surface area contributed by atoms with Crippen LogP contribution >= 0.6 is 12.4 Å². The Bertz CT molecular complexity index is 217. The van der Waals surface area contributed by atoms with E-state index in [-0.39, 0.29) is 12.4 Å². The van der Waals surface area contributed by atoms with Crippen LogP contribution in [0.25, 0.3) is 0 Å². The van der Waals surface area contributed by atoms with E-state index >= 15 is 0 Å². The van der Waals surface area contributed by atoms with Gasteiger partial charge in [0.15, 0.2) is 0 Å². The van der Waals surface area contributed by atoms with Crippen LogP contribution in [0, 0.1) is 0 Å². The van der Waals surface area contributed by atoms with Gasteiger partial charge in [-0.3, -0.25) is 0 Å². The summed E-state index contributed by atoms with van der Waals surface area (Å²) in [5.41, 5.74) is 1.35. The molecule has 0 amide bonds. The average molecular weight is 214 g/mol. The molecule has 0 N–H and O–H groups in total. The standard InChI is InChI=1S/C12H19N.ClH/c1-3-10-13(11-4-2)12-8-6-5-7-9-12;/h5-9H,3-4,10-11H2,1-2H3;1H. The molecule has 0 unspecified atom stereocenters. The van der Waals surface area contributed by atoms with E-state index in [1.807, 2.05) is 0 Å². The molecule has 0 saturated carbocycles. The molecule has 0 bridgehead atoms. The molecule has 0 atom stereocenters. The van der Waals surface area contributed by atoms with Crippen molar-refractivity contribution in [2.24, 2.45) is 0 Å². The summed E-state index contributed by atoms with van der Waals surface area (Å²) in [6.07, 6.45) is 2.43. The predicted molar refractivity (Wildman–Crippen MR) is 66.5 cm³/mol. The predicted octanol–water partition coefficient (Wildman–Crippen LogP) is 3.73. The van der Waals surface area contributed by atoms with Crippen molar-refractivity contribution in [3.05, 3.63) is 30.3 Å². The number of rotatable bonds is 5. The maximum absolute atomic E-state index is 2.44. The van der Waals surface area contributed by atoms with Gasteiger partial charge in [-0.15, -0.1) is 12.4 Å². The summed E-state index contributed by atoms with van der Waals surface area (Å²) in [4.78, 5) is 2.44. The molecule has 0 aliphatic carbocycles. The first kappa shape index (κ1) is 13.3. The van der Waals surface area contributed by atoms with E-state index in [9.17, 15) is 0 Å². The average Bonchev–Trinajstić information content (AvgIpc) is 2.19. The van der Waals surface area contributed by atoms with Crippen LogP contribution in [0.3, 0.4) is 0 Å². The Balaban J connectivity index is 0.00000169. The lowest BCUT2D eigenvalue weighted by Gasteiger charge is -2.23. The molecule has 1 nitrogen and oxygen atoms in total. The van der Waals surface area contributed by atoms with Crippen LogP contribution in [-0.2, 0) is 0 Å². The monoisotopic (exact) mass is 213 g/mol. The van der Waals surface area contributed by atoms with Gasteiger partial charge in [0.05, 0.1) is 0 Å². The summed E-state index contributed by atoms with van der Waals surface area (Å²) in [5, 5.41) is 0. The van der Waals surface area contributed by atoms with Crippen molar-refractivity contribution >= 4 is 18.1 Å². The number of anilines is 1. The molecule has 0 radical (unpaired) electrons. The molecule has 14 heavy (non-hydrogen) atoms. The van der Waals surface area contributed by atoms with Gasteiger partial charge < -0.3 is 4.90 Å². The minimum atomic E-state index is 0. The molecule has 0 heterocycles. The van der Waals surface area contributed by atoms with Crippen molar-refractivity contribution in [1.82, 2.24) is 0 Å². The smallest absolute Gasteiger partial charge is 0.0366 e. The van der Waals surface area contributed by atoms with E-state index in [2.05, 4.69) is 49.1 Å². The summed E-state index contributed by atoms with van der Waals surface area (Å²) in [5.74, 6) is 0. The normalized spacial score (nSPS) is 9.29. The minimum absolute atomic E-state index is 0. The van der Waals surface area contributed by atoms with Crippen LogP contribution in [0.4, 0.5) is 5.69 Å². The summed E-state index contributed by atoms with van der Waals surface area (Å²) in [6.45, 7) is 6.78. The molecule has 0 spiro atoms. The summed E-state index contributed by atoms with van der Waals surface area (Å²) in [7, 11) is 0. The third-order valence-corrected chi connectivity index (χ3v) is 2.11. The lowest BCUT2D eigenvalue weighted by molar-refractivity contribution is 0.745. The van der Waals surface area contributed by atoms with E-state index in [4.69, 9.17) is 0 Å². The summed E-state index contributed by atoms with van der Waals surface area (Å²) >= 11 is 0. The Morgan fingerprint density at radius 1 is 0.929 bits per heavy atom. The van der Waals surface area contributed by atoms with Gasteiger partial charge in [0.1, 0.15) is 0 Å². The van der Waals surface area contributed by atoms with Crippen molar-refractivity contribution in [2.75, 3.05) is 18.0 Å². The number of benzene rings is 1. The van der Waals surface area contributed by atoms with Crippen molar-refractivity contribution < 1.29 is 0 Å². The Morgan fingerprint density at radius 2 is 1.43 bits per heavy atom. The fraction of sp³-hybridized carbons (Fsp3) is 0.500. The molecule has 80 valence electrons. The second-order valence-electron chi connectivity index (χ2n) is 3.32. The van der Waals surface area contributed by atoms with Crippen molar-refractivity contribution in [2.45, 2.75) is 26.7 Å². The maximum Gasteiger partial charge on any atom is 0.0366 e. The first-order chi connectivity index (χ1) is 6.38. The molecule has 2 heteroatoms. The van der Waals surface area contributed by atoms with Gasteiger partial charge in [0.2, 0.25) is 0 Å². The van der Waals surface area contributed by atoms with Gasteiger partial charge in [-0.25, -0.2) is 0 Å². The molecule has 0 aliphatic rings. The molecule has 1 aromatic carbocycles. The van der Waals surface area contributed by atoms with Crippen LogP contribution in [0.15, 0.2) is 30.3 Å². The fourth-order valence-electron chi connectivity index (χ4n) is 1.55. The van der Waals surface area contributed by atoms with E-state index < -0.39 is 0 Å². The van der Waals surface area contributed by atoms with E-state index in [1.165, 1.54) is 18.5 Å². The fourth-order valence-corrected chi connectivity index (χ4v) is 1.55. The zero-order valence-electron chi connectivity index (χ0n) is 9.07. The maximum atomic E-state index is 2.44. The molecular formula is C12H20ClN. The summed E-state index contributed by atoms with van der Waals surface area (Å²) < 4.78 is 0. The molecule has 1 aromatic rings. The number of halogens is 1. The van der Waals surface area contributed by atoms with Gasteiger partial charge in [-0.1, -0.05) is 32.0 Å². The molecular weight excluding hydrogens is 194 g/mol. The van der Waals surface area contributed by atoms with Gasteiger partial charge >= 0.3 is 0 Å². The van der Waals surface area contributed by atoms with Crippen LogP contribution in [-0.4, -0.2) is 13.1 Å². The van der Waals surface area contributed by atoms with Gasteiger partial charge in [-0.2, -0.15) is 0 Å². The molecule has 0 fully saturated rings. The zero-order valence-corrected chi connectivity index (χ0v) is 9.89. The van der Waals surface area contributed by atoms with Crippen LogP contribution < -0.4 is 4.90 Å². The highest BCUT2D eigenvalue weighted by atomic mass is 35.5. The Hall–Kier alpha value is -0.690. The SMILES string of the molecule is CCCN(CCC)c1ccccc1.Cl. The molecule has 0 aromatic heterocycles. The Morgan fingerprint density at radius 3 is 1.86 bits per heavy atom. The van der Waals surface area contributed by atoms with E-state index in [0.717, 1.165) is 13.1 Å². The quantitative estimate of drug-likeness (QED) is 0.721. The van der Waals surface area contributed by atoms with Crippen LogP contribution in [0.2, 0.25) is 0 Å². The molecule has 0 aliphatic heterocycles. The first-order valence-corrected chi connectivity index (χ1v) is 5.18. The third kappa shape index (κ3) is 4.01. The number of nitrogens with zero attached hydrogens (tertiary/aromatic N) is 1. The van der Waals surface area contributed by atoms with Gasteiger partial charge in [0, 0.05) is 18.8 Å².